The zero-order valence-corrected chi connectivity index (χ0v) is 6.38. The van der Waals surface area contributed by atoms with E-state index >= 15 is 0 Å². The lowest BCUT2D eigenvalue weighted by Crippen LogP contribution is -2.34. The molecule has 4 nitrogen and oxygen atoms in total. The Balaban J connectivity index is 3.39. The molecule has 0 heterocycles. The second kappa shape index (κ2) is 4.51. The van der Waals surface area contributed by atoms with Gasteiger partial charge in [0.2, 0.25) is 5.91 Å². The van der Waals surface area contributed by atoms with Crippen molar-refractivity contribution in [1.29, 1.82) is 0 Å². The highest BCUT2D eigenvalue weighted by Gasteiger charge is 1.98. The van der Waals surface area contributed by atoms with Gasteiger partial charge in [0.05, 0.1) is 0 Å². The van der Waals surface area contributed by atoms with Gasteiger partial charge in [0, 0.05) is 17.9 Å². The molecular weight excluding hydrogens is 160 g/mol. The zero-order valence-electron chi connectivity index (χ0n) is 4.67. The molecule has 0 aliphatic carbocycles. The number of carbonyl (C=O) groups is 2. The maximum atomic E-state index is 10.3. The third kappa shape index (κ3) is 5.51. The summed E-state index contributed by atoms with van der Waals surface area (Å²) in [5.74, 6) is -0.394. The molecular formula is C3H6N2O2S2. The Kier molecular flexibility index (Phi) is 4.33. The molecule has 0 saturated carbocycles. The second-order valence-electron chi connectivity index (χ2n) is 1.20. The van der Waals surface area contributed by atoms with Crippen LogP contribution in [0.5, 0.6) is 0 Å². The lowest BCUT2D eigenvalue weighted by atomic mass is 10.7. The fraction of sp³-hybridized carbons (Fsp3) is 0.333. The molecule has 0 rings (SSSR count). The predicted octanol–water partition coefficient (Wildman–Crippen LogP) is 0.325. The van der Waals surface area contributed by atoms with Crippen molar-refractivity contribution in [3.63, 3.8) is 0 Å². The van der Waals surface area contributed by atoms with Crippen LogP contribution < -0.4 is 10.0 Å². The van der Waals surface area contributed by atoms with Gasteiger partial charge in [-0.05, 0) is 0 Å². The number of urea groups is 1. The molecule has 3 amide bonds. The summed E-state index contributed by atoms with van der Waals surface area (Å²) in [5, 5.41) is 1.98. The Hall–Kier alpha value is -0.360. The van der Waals surface area contributed by atoms with E-state index in [9.17, 15) is 9.59 Å². The van der Waals surface area contributed by atoms with Crippen LogP contribution in [0.1, 0.15) is 6.92 Å². The predicted molar refractivity (Wildman–Crippen MR) is 38.9 cm³/mol. The van der Waals surface area contributed by atoms with Gasteiger partial charge in [-0.1, -0.05) is 11.7 Å². The molecule has 0 fully saturated rings. The van der Waals surface area contributed by atoms with Crippen LogP contribution in [-0.4, -0.2) is 11.9 Å². The van der Waals surface area contributed by atoms with Crippen molar-refractivity contribution >= 4 is 34.6 Å². The molecule has 0 radical (unpaired) electrons. The van der Waals surface area contributed by atoms with Crippen LogP contribution in [0.2, 0.25) is 0 Å². The molecule has 0 aromatic carbocycles. The number of hydrogen-bond donors (Lipinski definition) is 3. The maximum Gasteiger partial charge on any atom is 0.332 e. The van der Waals surface area contributed by atoms with E-state index in [1.165, 1.54) is 6.92 Å². The number of carbonyl (C=O) groups excluding carboxylic acids is 2. The van der Waals surface area contributed by atoms with Crippen molar-refractivity contribution in [2.24, 2.45) is 0 Å². The standard InChI is InChI=1S/C3H6N2O2S2/c1-2(6)4-3(7)5-9-8/h8H,1H3,(H2,4,5,6,7). The Morgan fingerprint density at radius 1 is 1.56 bits per heavy atom. The highest BCUT2D eigenvalue weighted by molar-refractivity contribution is 8.68. The minimum Gasteiger partial charge on any atom is -0.278 e. The summed E-state index contributed by atoms with van der Waals surface area (Å²) in [4.78, 5) is 20.5. The monoisotopic (exact) mass is 166 g/mol. The van der Waals surface area contributed by atoms with Crippen LogP contribution in [0, 0.1) is 0 Å². The van der Waals surface area contributed by atoms with E-state index in [-0.39, 0.29) is 0 Å². The summed E-state index contributed by atoms with van der Waals surface area (Å²) in [6.07, 6.45) is 0. The van der Waals surface area contributed by atoms with E-state index in [2.05, 4.69) is 16.4 Å². The topological polar surface area (TPSA) is 58.2 Å². The third-order valence-electron chi connectivity index (χ3n) is 0.428. The van der Waals surface area contributed by atoms with Gasteiger partial charge in [-0.3, -0.25) is 14.8 Å². The van der Waals surface area contributed by atoms with Crippen LogP contribution in [0.3, 0.4) is 0 Å². The first kappa shape index (κ1) is 8.64. The molecule has 0 aliphatic rings. The van der Waals surface area contributed by atoms with E-state index in [1.54, 1.807) is 0 Å². The Labute approximate surface area is 61.7 Å². The quantitative estimate of drug-likeness (QED) is 0.299. The summed E-state index contributed by atoms with van der Waals surface area (Å²) >= 11 is 3.62. The van der Waals surface area contributed by atoms with Gasteiger partial charge in [0.25, 0.3) is 0 Å². The average molecular weight is 166 g/mol. The molecule has 0 unspecified atom stereocenters. The van der Waals surface area contributed by atoms with E-state index in [0.717, 1.165) is 11.0 Å². The van der Waals surface area contributed by atoms with Gasteiger partial charge in [-0.15, -0.1) is 0 Å². The first-order chi connectivity index (χ1) is 4.16. The van der Waals surface area contributed by atoms with Gasteiger partial charge in [0.1, 0.15) is 0 Å². The van der Waals surface area contributed by atoms with E-state index < -0.39 is 11.9 Å². The van der Waals surface area contributed by atoms with Crippen molar-refractivity contribution in [3.8, 4) is 0 Å². The largest absolute Gasteiger partial charge is 0.332 e. The number of amides is 3. The number of nitrogens with one attached hydrogen (secondary N) is 2. The minimum atomic E-state index is -0.553. The van der Waals surface area contributed by atoms with Crippen LogP contribution in [-0.2, 0) is 4.79 Å². The molecule has 2 N–H and O–H groups in total. The van der Waals surface area contributed by atoms with Gasteiger partial charge >= 0.3 is 6.03 Å². The Bertz CT molecular complexity index is 127. The van der Waals surface area contributed by atoms with E-state index in [4.69, 9.17) is 0 Å². The normalized spacial score (nSPS) is 8.22. The van der Waals surface area contributed by atoms with Crippen molar-refractivity contribution < 1.29 is 9.59 Å². The number of imide groups is 1. The first-order valence-corrected chi connectivity index (χ1v) is 3.91. The molecule has 0 bridgehead atoms. The molecule has 0 spiro atoms. The molecule has 0 aliphatic heterocycles. The van der Waals surface area contributed by atoms with Gasteiger partial charge in [-0.2, -0.15) is 0 Å². The molecule has 6 heteroatoms. The average Bonchev–Trinajstić information content (AvgIpc) is 1.63. The first-order valence-electron chi connectivity index (χ1n) is 2.04. The SMILES string of the molecule is CC(=O)NC(=O)NSS. The third-order valence-corrected chi connectivity index (χ3v) is 0.978. The van der Waals surface area contributed by atoms with Crippen LogP contribution in [0.25, 0.3) is 0 Å². The van der Waals surface area contributed by atoms with Crippen LogP contribution in [0.15, 0.2) is 0 Å². The zero-order chi connectivity index (χ0) is 7.28. The summed E-state index contributed by atoms with van der Waals surface area (Å²) < 4.78 is 2.19. The molecule has 0 aromatic rings. The van der Waals surface area contributed by atoms with Gasteiger partial charge in [-0.25, -0.2) is 4.79 Å². The number of hydrogen-bond acceptors (Lipinski definition) is 4. The van der Waals surface area contributed by atoms with E-state index in [0.29, 0.717) is 0 Å². The smallest absolute Gasteiger partial charge is 0.278 e. The molecule has 0 aromatic heterocycles. The molecule has 52 valence electrons. The number of rotatable bonds is 1. The van der Waals surface area contributed by atoms with Crippen molar-refractivity contribution in [3.05, 3.63) is 0 Å². The van der Waals surface area contributed by atoms with Crippen LogP contribution in [0.4, 0.5) is 4.79 Å². The highest BCUT2D eigenvalue weighted by atomic mass is 33.1. The molecule has 0 atom stereocenters. The highest BCUT2D eigenvalue weighted by Crippen LogP contribution is 1.94. The number of thiol groups is 1. The van der Waals surface area contributed by atoms with Gasteiger partial charge in [0.15, 0.2) is 0 Å². The molecule has 9 heavy (non-hydrogen) atoms. The Morgan fingerprint density at radius 2 is 2.11 bits per heavy atom. The van der Waals surface area contributed by atoms with E-state index in [1.807, 2.05) is 5.32 Å². The molecule has 0 saturated heterocycles. The lowest BCUT2D eigenvalue weighted by Gasteiger charge is -1.97. The summed E-state index contributed by atoms with van der Waals surface area (Å²) in [7, 11) is 0.832. The van der Waals surface area contributed by atoms with Crippen molar-refractivity contribution in [2.75, 3.05) is 0 Å². The van der Waals surface area contributed by atoms with Gasteiger partial charge < -0.3 is 0 Å². The second-order valence-corrected chi connectivity index (χ2v) is 2.14. The fourth-order valence-electron chi connectivity index (χ4n) is 0.227. The minimum absolute atomic E-state index is 0.394. The summed E-state index contributed by atoms with van der Waals surface area (Å²) in [5.41, 5.74) is 0. The lowest BCUT2D eigenvalue weighted by molar-refractivity contribution is -0.117. The Morgan fingerprint density at radius 3 is 2.44 bits per heavy atom. The summed E-state index contributed by atoms with van der Waals surface area (Å²) in [6, 6.07) is -0.553. The summed E-state index contributed by atoms with van der Waals surface area (Å²) in [6.45, 7) is 1.25. The maximum absolute atomic E-state index is 10.3. The van der Waals surface area contributed by atoms with Crippen molar-refractivity contribution in [2.45, 2.75) is 6.92 Å². The fourth-order valence-corrected chi connectivity index (χ4v) is 0.610. The van der Waals surface area contributed by atoms with Crippen LogP contribution >= 0.6 is 22.6 Å². The van der Waals surface area contributed by atoms with Crippen molar-refractivity contribution in [1.82, 2.24) is 10.0 Å².